The Labute approximate surface area is 186 Å². The van der Waals surface area contributed by atoms with Gasteiger partial charge in [0.15, 0.2) is 0 Å². The largest absolute Gasteiger partial charge is 0.367 e. The van der Waals surface area contributed by atoms with E-state index in [1.807, 2.05) is 12.1 Å². The maximum Gasteiger partial charge on any atom is 0.214 e. The number of nitrogens with zero attached hydrogens (tertiary/aromatic N) is 3. The minimum atomic E-state index is -3.21. The van der Waals surface area contributed by atoms with Crippen molar-refractivity contribution in [2.45, 2.75) is 63.8 Å². The number of hydrogen-bond acceptors (Lipinski definition) is 4. The first kappa shape index (κ1) is 21.9. The molecule has 5 nitrogen and oxygen atoms in total. The Morgan fingerprint density at radius 2 is 1.80 bits per heavy atom. The van der Waals surface area contributed by atoms with Gasteiger partial charge in [-0.15, -0.1) is 0 Å². The van der Waals surface area contributed by atoms with Crippen molar-refractivity contribution in [3.63, 3.8) is 0 Å². The van der Waals surface area contributed by atoms with Gasteiger partial charge >= 0.3 is 0 Å². The second kappa shape index (κ2) is 9.46. The molecular weight excluding hydrogens is 418 g/mol. The Balaban J connectivity index is 1.48. The molecule has 0 spiro atoms. The summed E-state index contributed by atoms with van der Waals surface area (Å²) in [6.07, 6.45) is 10.3. The van der Waals surface area contributed by atoms with Gasteiger partial charge in [0.1, 0.15) is 6.07 Å². The van der Waals surface area contributed by atoms with Crippen LogP contribution in [0.5, 0.6) is 0 Å². The van der Waals surface area contributed by atoms with Crippen LogP contribution in [0.4, 0.5) is 5.69 Å². The highest BCUT2D eigenvalue weighted by molar-refractivity contribution is 7.89. The van der Waals surface area contributed by atoms with Gasteiger partial charge in [0, 0.05) is 31.4 Å². The van der Waals surface area contributed by atoms with Crippen LogP contribution in [0.1, 0.15) is 63.4 Å². The standard InChI is InChI=1S/C23H32ClN3O2S/c24-23-13-21(10-9-20(23)14-25)27(15-18-7-4-8-18)22-11-12-26(16-22)30(28,29)17-19-5-2-1-3-6-19/h9-10,13,18-19,22H,1-8,11-12,15-17H2. The highest BCUT2D eigenvalue weighted by atomic mass is 35.5. The first-order valence-corrected chi connectivity index (χ1v) is 13.4. The Morgan fingerprint density at radius 3 is 2.43 bits per heavy atom. The first-order chi connectivity index (χ1) is 14.5. The van der Waals surface area contributed by atoms with Gasteiger partial charge in [-0.25, -0.2) is 8.42 Å². The summed E-state index contributed by atoms with van der Waals surface area (Å²) in [5.41, 5.74) is 1.48. The van der Waals surface area contributed by atoms with Crippen molar-refractivity contribution in [2.24, 2.45) is 11.8 Å². The molecule has 1 atom stereocenters. The van der Waals surface area contributed by atoms with E-state index in [9.17, 15) is 13.7 Å². The Hall–Kier alpha value is -1.29. The number of nitriles is 1. The molecule has 0 bridgehead atoms. The maximum absolute atomic E-state index is 13.1. The van der Waals surface area contributed by atoms with Crippen molar-refractivity contribution in [3.05, 3.63) is 28.8 Å². The van der Waals surface area contributed by atoms with Crippen molar-refractivity contribution in [3.8, 4) is 6.07 Å². The van der Waals surface area contributed by atoms with E-state index in [4.69, 9.17) is 11.6 Å². The van der Waals surface area contributed by atoms with Crippen LogP contribution >= 0.6 is 11.6 Å². The van der Waals surface area contributed by atoms with E-state index in [1.165, 1.54) is 25.7 Å². The van der Waals surface area contributed by atoms with E-state index in [1.54, 1.807) is 10.4 Å². The van der Waals surface area contributed by atoms with E-state index in [0.717, 1.165) is 44.3 Å². The predicted molar refractivity (Wildman–Crippen MR) is 121 cm³/mol. The quantitative estimate of drug-likeness (QED) is 0.599. The number of benzene rings is 1. The van der Waals surface area contributed by atoms with Gasteiger partial charge in [0.05, 0.1) is 16.3 Å². The molecule has 3 fully saturated rings. The predicted octanol–water partition coefficient (Wildman–Crippen LogP) is 4.80. The molecule has 1 aromatic carbocycles. The lowest BCUT2D eigenvalue weighted by atomic mass is 9.84. The summed E-state index contributed by atoms with van der Waals surface area (Å²) in [7, 11) is -3.21. The SMILES string of the molecule is N#Cc1ccc(N(CC2CCC2)C2CCN(S(=O)(=O)CC3CCCCC3)C2)cc1Cl. The number of anilines is 1. The zero-order valence-electron chi connectivity index (χ0n) is 17.6. The second-order valence-electron chi connectivity index (χ2n) is 9.31. The van der Waals surface area contributed by atoms with Gasteiger partial charge in [0.25, 0.3) is 0 Å². The third kappa shape index (κ3) is 4.95. The third-order valence-corrected chi connectivity index (χ3v) is 9.54. The second-order valence-corrected chi connectivity index (χ2v) is 11.7. The van der Waals surface area contributed by atoms with Crippen LogP contribution in [0.25, 0.3) is 0 Å². The summed E-state index contributed by atoms with van der Waals surface area (Å²) >= 11 is 6.32. The molecule has 2 aliphatic carbocycles. The summed E-state index contributed by atoms with van der Waals surface area (Å²) in [5.74, 6) is 1.30. The molecular formula is C23H32ClN3O2S. The molecule has 1 unspecified atom stereocenters. The molecule has 4 rings (SSSR count). The molecule has 0 aromatic heterocycles. The maximum atomic E-state index is 13.1. The highest BCUT2D eigenvalue weighted by Gasteiger charge is 2.37. The van der Waals surface area contributed by atoms with Crippen molar-refractivity contribution in [2.75, 3.05) is 30.3 Å². The average Bonchev–Trinajstić information content (AvgIpc) is 3.18. The van der Waals surface area contributed by atoms with E-state index in [0.29, 0.717) is 41.3 Å². The Morgan fingerprint density at radius 1 is 1.07 bits per heavy atom. The topological polar surface area (TPSA) is 64.4 Å². The molecule has 0 radical (unpaired) electrons. The highest BCUT2D eigenvalue weighted by Crippen LogP contribution is 2.34. The molecule has 1 aliphatic heterocycles. The van der Waals surface area contributed by atoms with Crippen molar-refractivity contribution in [1.82, 2.24) is 4.31 Å². The van der Waals surface area contributed by atoms with E-state index >= 15 is 0 Å². The zero-order valence-corrected chi connectivity index (χ0v) is 19.2. The van der Waals surface area contributed by atoms with Gasteiger partial charge in [0.2, 0.25) is 10.0 Å². The van der Waals surface area contributed by atoms with Crippen LogP contribution in [0, 0.1) is 23.2 Å². The molecule has 2 saturated carbocycles. The van der Waals surface area contributed by atoms with Crippen LogP contribution in [-0.4, -0.2) is 44.2 Å². The lowest BCUT2D eigenvalue weighted by Crippen LogP contribution is -2.43. The van der Waals surface area contributed by atoms with Gasteiger partial charge < -0.3 is 4.90 Å². The summed E-state index contributed by atoms with van der Waals surface area (Å²) < 4.78 is 27.9. The van der Waals surface area contributed by atoms with Gasteiger partial charge in [-0.05, 0) is 62.1 Å². The number of hydrogen-bond donors (Lipinski definition) is 0. The van der Waals surface area contributed by atoms with Crippen LogP contribution in [0.15, 0.2) is 18.2 Å². The zero-order chi connectivity index (χ0) is 21.1. The van der Waals surface area contributed by atoms with Crippen LogP contribution in [-0.2, 0) is 10.0 Å². The van der Waals surface area contributed by atoms with Gasteiger partial charge in [-0.1, -0.05) is 37.3 Å². The lowest BCUT2D eigenvalue weighted by Gasteiger charge is -2.37. The molecule has 1 aromatic rings. The monoisotopic (exact) mass is 449 g/mol. The lowest BCUT2D eigenvalue weighted by molar-refractivity contribution is 0.310. The number of halogens is 1. The molecule has 1 heterocycles. The van der Waals surface area contributed by atoms with Crippen molar-refractivity contribution >= 4 is 27.3 Å². The molecule has 3 aliphatic rings. The normalized spacial score (nSPS) is 23.8. The van der Waals surface area contributed by atoms with Crippen molar-refractivity contribution in [1.29, 1.82) is 5.26 Å². The smallest absolute Gasteiger partial charge is 0.214 e. The summed E-state index contributed by atoms with van der Waals surface area (Å²) in [6, 6.07) is 7.89. The fourth-order valence-electron chi connectivity index (χ4n) is 5.17. The molecule has 0 amide bonds. The van der Waals surface area contributed by atoms with Gasteiger partial charge in [-0.2, -0.15) is 9.57 Å². The van der Waals surface area contributed by atoms with Crippen LogP contribution in [0.3, 0.4) is 0 Å². The Kier molecular flexibility index (Phi) is 6.91. The van der Waals surface area contributed by atoms with Crippen molar-refractivity contribution < 1.29 is 8.42 Å². The average molecular weight is 450 g/mol. The van der Waals surface area contributed by atoms with E-state index < -0.39 is 10.0 Å². The van der Waals surface area contributed by atoms with Crippen LogP contribution in [0.2, 0.25) is 5.02 Å². The first-order valence-electron chi connectivity index (χ1n) is 11.4. The summed E-state index contributed by atoms with van der Waals surface area (Å²) in [6.45, 7) is 2.09. The molecule has 1 saturated heterocycles. The Bertz CT molecular complexity index is 888. The molecule has 0 N–H and O–H groups in total. The van der Waals surface area contributed by atoms with Gasteiger partial charge in [-0.3, -0.25) is 0 Å². The fraction of sp³-hybridized carbons (Fsp3) is 0.696. The molecule has 7 heteroatoms. The minimum absolute atomic E-state index is 0.163. The third-order valence-electron chi connectivity index (χ3n) is 7.22. The molecule has 30 heavy (non-hydrogen) atoms. The fourth-order valence-corrected chi connectivity index (χ4v) is 7.31. The molecule has 164 valence electrons. The van der Waals surface area contributed by atoms with Crippen LogP contribution < -0.4 is 4.90 Å². The van der Waals surface area contributed by atoms with E-state index in [-0.39, 0.29) is 6.04 Å². The van der Waals surface area contributed by atoms with E-state index in [2.05, 4.69) is 11.0 Å². The summed E-state index contributed by atoms with van der Waals surface area (Å²) in [5, 5.41) is 9.66. The minimum Gasteiger partial charge on any atom is -0.367 e. The number of rotatable bonds is 7. The number of sulfonamides is 1. The summed E-state index contributed by atoms with van der Waals surface area (Å²) in [4.78, 5) is 2.35.